The first-order chi connectivity index (χ1) is 9.66. The summed E-state index contributed by atoms with van der Waals surface area (Å²) in [5, 5.41) is 15.5. The van der Waals surface area contributed by atoms with Gasteiger partial charge in [0.05, 0.1) is 18.8 Å². The van der Waals surface area contributed by atoms with Gasteiger partial charge in [-0.15, -0.1) is 11.3 Å². The van der Waals surface area contributed by atoms with Gasteiger partial charge < -0.3 is 15.2 Å². The molecule has 0 radical (unpaired) electrons. The fraction of sp³-hybridized carbons (Fsp3) is 0.750. The maximum Gasteiger partial charge on any atom is 0.0898 e. The highest BCUT2D eigenvalue weighted by Gasteiger charge is 2.22. The summed E-state index contributed by atoms with van der Waals surface area (Å²) in [5.41, 5.74) is 0. The van der Waals surface area contributed by atoms with E-state index < -0.39 is 6.10 Å². The normalized spacial score (nSPS) is 26.4. The van der Waals surface area contributed by atoms with Crippen LogP contribution in [0, 0.1) is 5.92 Å². The molecule has 0 aliphatic heterocycles. The average molecular weight is 297 g/mol. The van der Waals surface area contributed by atoms with Gasteiger partial charge in [0.2, 0.25) is 0 Å². The zero-order chi connectivity index (χ0) is 14.4. The van der Waals surface area contributed by atoms with E-state index in [9.17, 15) is 5.11 Å². The van der Waals surface area contributed by atoms with Gasteiger partial charge in [-0.1, -0.05) is 25.8 Å². The van der Waals surface area contributed by atoms with E-state index in [2.05, 4.69) is 36.7 Å². The summed E-state index contributed by atoms with van der Waals surface area (Å²) in [5.74, 6) is 0.633. The number of ether oxygens (including phenoxy) is 1. The number of aliphatic hydroxyl groups excluding tert-OH is 1. The van der Waals surface area contributed by atoms with Crippen LogP contribution >= 0.6 is 11.3 Å². The van der Waals surface area contributed by atoms with Gasteiger partial charge >= 0.3 is 0 Å². The van der Waals surface area contributed by atoms with Crippen molar-refractivity contribution >= 4 is 11.3 Å². The van der Waals surface area contributed by atoms with Crippen LogP contribution in [0.5, 0.6) is 0 Å². The highest BCUT2D eigenvalue weighted by Crippen LogP contribution is 2.26. The standard InChI is InChI=1S/C16H27NO2S/c1-12-6-3-4-7-15(12)19-11-14(18)10-17-13(2)16-8-5-9-20-16/h5,8-9,12-15,17-18H,3-4,6-7,10-11H2,1-2H3/t12?,13-,14?,15?/m1/s1. The van der Waals surface area contributed by atoms with Gasteiger partial charge in [0, 0.05) is 17.5 Å². The molecule has 3 unspecified atom stereocenters. The molecule has 1 saturated carbocycles. The van der Waals surface area contributed by atoms with Gasteiger partial charge in [0.1, 0.15) is 0 Å². The molecule has 1 aliphatic carbocycles. The van der Waals surface area contributed by atoms with Gasteiger partial charge in [0.15, 0.2) is 0 Å². The lowest BCUT2D eigenvalue weighted by atomic mass is 9.88. The Balaban J connectivity index is 1.63. The molecule has 4 atom stereocenters. The summed E-state index contributed by atoms with van der Waals surface area (Å²) >= 11 is 1.74. The van der Waals surface area contributed by atoms with Crippen molar-refractivity contribution in [2.24, 2.45) is 5.92 Å². The van der Waals surface area contributed by atoms with Gasteiger partial charge in [-0.3, -0.25) is 0 Å². The molecule has 0 saturated heterocycles. The predicted octanol–water partition coefficient (Wildman–Crippen LogP) is 3.35. The number of hydrogen-bond acceptors (Lipinski definition) is 4. The van der Waals surface area contributed by atoms with Gasteiger partial charge in [0.25, 0.3) is 0 Å². The van der Waals surface area contributed by atoms with Crippen molar-refractivity contribution in [1.29, 1.82) is 0 Å². The van der Waals surface area contributed by atoms with Crippen LogP contribution in [0.2, 0.25) is 0 Å². The van der Waals surface area contributed by atoms with Crippen LogP contribution in [0.1, 0.15) is 50.4 Å². The van der Waals surface area contributed by atoms with Crippen LogP contribution in [0.4, 0.5) is 0 Å². The summed E-state index contributed by atoms with van der Waals surface area (Å²) < 4.78 is 5.89. The van der Waals surface area contributed by atoms with Gasteiger partial charge in [-0.05, 0) is 37.1 Å². The molecule has 4 heteroatoms. The van der Waals surface area contributed by atoms with E-state index in [1.165, 1.54) is 24.1 Å². The highest BCUT2D eigenvalue weighted by atomic mass is 32.1. The van der Waals surface area contributed by atoms with Crippen molar-refractivity contribution in [1.82, 2.24) is 5.32 Å². The molecular formula is C16H27NO2S. The second-order valence-corrected chi connectivity index (χ2v) is 6.91. The second kappa shape index (κ2) is 8.13. The first-order valence-corrected chi connectivity index (χ1v) is 8.61. The Hall–Kier alpha value is -0.420. The zero-order valence-electron chi connectivity index (χ0n) is 12.5. The van der Waals surface area contributed by atoms with Crippen LogP contribution in [0.15, 0.2) is 17.5 Å². The summed E-state index contributed by atoms with van der Waals surface area (Å²) in [6.07, 6.45) is 4.91. The summed E-state index contributed by atoms with van der Waals surface area (Å²) in [6, 6.07) is 4.47. The van der Waals surface area contributed by atoms with Crippen molar-refractivity contribution < 1.29 is 9.84 Å². The van der Waals surface area contributed by atoms with Crippen molar-refractivity contribution in [3.05, 3.63) is 22.4 Å². The number of rotatable bonds is 7. The van der Waals surface area contributed by atoms with Crippen molar-refractivity contribution in [3.63, 3.8) is 0 Å². The predicted molar refractivity (Wildman–Crippen MR) is 84.1 cm³/mol. The maximum absolute atomic E-state index is 10.0. The van der Waals surface area contributed by atoms with Crippen LogP contribution in [-0.4, -0.2) is 30.5 Å². The molecule has 2 N–H and O–H groups in total. The van der Waals surface area contributed by atoms with Crippen LogP contribution < -0.4 is 5.32 Å². The first kappa shape index (κ1) is 16.0. The molecule has 1 aromatic rings. The third-order valence-electron chi connectivity index (χ3n) is 4.17. The molecule has 1 heterocycles. The second-order valence-electron chi connectivity index (χ2n) is 5.93. The highest BCUT2D eigenvalue weighted by molar-refractivity contribution is 7.10. The molecular weight excluding hydrogens is 270 g/mol. The molecule has 2 rings (SSSR count). The molecule has 0 bridgehead atoms. The summed E-state index contributed by atoms with van der Waals surface area (Å²) in [7, 11) is 0. The molecule has 1 fully saturated rings. The SMILES string of the molecule is CC1CCCCC1OCC(O)CN[C@H](C)c1cccs1. The minimum Gasteiger partial charge on any atom is -0.389 e. The van der Waals surface area contributed by atoms with Crippen LogP contribution in [0.25, 0.3) is 0 Å². The van der Waals surface area contributed by atoms with E-state index in [4.69, 9.17) is 4.74 Å². The number of nitrogens with one attached hydrogen (secondary N) is 1. The van der Waals surface area contributed by atoms with Crippen molar-refractivity contribution in [2.45, 2.75) is 57.8 Å². The number of hydrogen-bond donors (Lipinski definition) is 2. The lowest BCUT2D eigenvalue weighted by Crippen LogP contribution is -2.35. The average Bonchev–Trinajstić information content (AvgIpc) is 2.98. The third-order valence-corrected chi connectivity index (χ3v) is 5.22. The molecule has 0 aromatic carbocycles. The minimum absolute atomic E-state index is 0.290. The Morgan fingerprint density at radius 2 is 2.25 bits per heavy atom. The molecule has 1 aliphatic rings. The Morgan fingerprint density at radius 1 is 1.45 bits per heavy atom. The van der Waals surface area contributed by atoms with E-state index in [0.29, 0.717) is 31.2 Å². The largest absolute Gasteiger partial charge is 0.389 e. The Morgan fingerprint density at radius 3 is 2.95 bits per heavy atom. The van der Waals surface area contributed by atoms with Gasteiger partial charge in [-0.25, -0.2) is 0 Å². The Bertz CT molecular complexity index is 369. The third kappa shape index (κ3) is 4.85. The first-order valence-electron chi connectivity index (χ1n) is 7.73. The summed E-state index contributed by atoms with van der Waals surface area (Å²) in [4.78, 5) is 1.30. The van der Waals surface area contributed by atoms with Crippen molar-refractivity contribution in [2.75, 3.05) is 13.2 Å². The maximum atomic E-state index is 10.0. The number of thiophene rings is 1. The van der Waals surface area contributed by atoms with Crippen molar-refractivity contribution in [3.8, 4) is 0 Å². The molecule has 1 aromatic heterocycles. The van der Waals surface area contributed by atoms with Crippen LogP contribution in [-0.2, 0) is 4.74 Å². The molecule has 114 valence electrons. The zero-order valence-corrected chi connectivity index (χ0v) is 13.4. The monoisotopic (exact) mass is 297 g/mol. The van der Waals surface area contributed by atoms with E-state index in [1.807, 2.05) is 0 Å². The molecule has 0 spiro atoms. The van der Waals surface area contributed by atoms with Crippen LogP contribution in [0.3, 0.4) is 0 Å². The van der Waals surface area contributed by atoms with Gasteiger partial charge in [-0.2, -0.15) is 0 Å². The summed E-state index contributed by atoms with van der Waals surface area (Å²) in [6.45, 7) is 5.41. The fourth-order valence-corrected chi connectivity index (χ4v) is 3.53. The Kier molecular flexibility index (Phi) is 6.49. The Labute approximate surface area is 126 Å². The molecule has 3 nitrogen and oxygen atoms in total. The lowest BCUT2D eigenvalue weighted by molar-refractivity contribution is -0.0455. The fourth-order valence-electron chi connectivity index (χ4n) is 2.77. The topological polar surface area (TPSA) is 41.5 Å². The lowest BCUT2D eigenvalue weighted by Gasteiger charge is -2.29. The van der Waals surface area contributed by atoms with E-state index in [-0.39, 0.29) is 0 Å². The van der Waals surface area contributed by atoms with E-state index >= 15 is 0 Å². The number of aliphatic hydroxyl groups is 1. The quantitative estimate of drug-likeness (QED) is 0.811. The molecule has 20 heavy (non-hydrogen) atoms. The minimum atomic E-state index is -0.425. The molecule has 0 amide bonds. The smallest absolute Gasteiger partial charge is 0.0898 e. The van der Waals surface area contributed by atoms with E-state index in [1.54, 1.807) is 11.3 Å². The van der Waals surface area contributed by atoms with E-state index in [0.717, 1.165) is 6.42 Å².